The third-order valence-electron chi connectivity index (χ3n) is 5.01. The van der Waals surface area contributed by atoms with Crippen LogP contribution in [0.1, 0.15) is 22.3 Å². The molecular weight excluding hydrogens is 404 g/mol. The Hall–Kier alpha value is -2.67. The molecule has 0 amide bonds. The summed E-state index contributed by atoms with van der Waals surface area (Å²) in [5, 5.41) is 0.709. The molecule has 0 radical (unpaired) electrons. The van der Waals surface area contributed by atoms with E-state index >= 15 is 0 Å². The van der Waals surface area contributed by atoms with Gasteiger partial charge in [-0.15, -0.1) is 0 Å². The molecule has 2 aromatic carbocycles. The summed E-state index contributed by atoms with van der Waals surface area (Å²) in [5.41, 5.74) is 1.67. The van der Waals surface area contributed by atoms with Crippen LogP contribution in [-0.2, 0) is 27.2 Å². The number of imidazole rings is 1. The molecule has 0 bridgehead atoms. The lowest BCUT2D eigenvalue weighted by atomic mass is 10.0. The predicted octanol–water partition coefficient (Wildman–Crippen LogP) is 4.14. The Bertz CT molecular complexity index is 947. The van der Waals surface area contributed by atoms with Crippen molar-refractivity contribution in [2.45, 2.75) is 31.3 Å². The van der Waals surface area contributed by atoms with Crippen LogP contribution >= 0.6 is 11.6 Å². The van der Waals surface area contributed by atoms with Gasteiger partial charge in [0, 0.05) is 23.8 Å². The van der Waals surface area contributed by atoms with E-state index in [1.807, 2.05) is 41.1 Å². The van der Waals surface area contributed by atoms with Crippen LogP contribution in [0, 0.1) is 0 Å². The first-order valence-corrected chi connectivity index (χ1v) is 10.2. The van der Waals surface area contributed by atoms with E-state index in [0.717, 1.165) is 12.0 Å². The van der Waals surface area contributed by atoms with E-state index in [1.165, 1.54) is 0 Å². The molecule has 0 saturated carbocycles. The maximum atomic E-state index is 12.2. The molecule has 156 valence electrons. The fraction of sp³-hybridized carbons (Fsp3) is 0.304. The molecule has 0 aliphatic carbocycles. The summed E-state index contributed by atoms with van der Waals surface area (Å²) in [6.07, 6.45) is 6.42. The maximum absolute atomic E-state index is 12.2. The molecule has 4 rings (SSSR count). The largest absolute Gasteiger partial charge is 0.459 e. The van der Waals surface area contributed by atoms with Gasteiger partial charge in [0.05, 0.1) is 25.0 Å². The highest BCUT2D eigenvalue weighted by Crippen LogP contribution is 2.31. The fourth-order valence-corrected chi connectivity index (χ4v) is 3.59. The molecule has 6 nitrogen and oxygen atoms in total. The molecule has 0 N–H and O–H groups in total. The van der Waals surface area contributed by atoms with Gasteiger partial charge in [-0.1, -0.05) is 41.9 Å². The summed E-state index contributed by atoms with van der Waals surface area (Å²) < 4.78 is 19.8. The first-order valence-electron chi connectivity index (χ1n) is 9.86. The van der Waals surface area contributed by atoms with Crippen LogP contribution in [0.2, 0.25) is 5.02 Å². The Morgan fingerprint density at radius 1 is 1.20 bits per heavy atom. The summed E-state index contributed by atoms with van der Waals surface area (Å²) in [4.78, 5) is 16.3. The molecule has 1 fully saturated rings. The van der Waals surface area contributed by atoms with Crippen molar-refractivity contribution in [3.63, 3.8) is 0 Å². The number of aryl methyl sites for hydroxylation is 1. The van der Waals surface area contributed by atoms with E-state index in [0.29, 0.717) is 30.2 Å². The summed E-state index contributed by atoms with van der Waals surface area (Å²) in [6.45, 7) is 1.00. The molecule has 2 unspecified atom stereocenters. The number of ether oxygens (including phenoxy) is 3. The van der Waals surface area contributed by atoms with Gasteiger partial charge in [-0.3, -0.25) is 0 Å². The highest BCUT2D eigenvalue weighted by atomic mass is 35.5. The quantitative estimate of drug-likeness (QED) is 0.506. The SMILES string of the molecule is O=C(OCC1COC(CCc2ccc(Cl)cc2)(Cn2ccnc2)O1)c1ccccc1. The number of nitrogens with zero attached hydrogens (tertiary/aromatic N) is 2. The molecule has 2 heterocycles. The van der Waals surface area contributed by atoms with Gasteiger partial charge in [0.25, 0.3) is 0 Å². The molecule has 30 heavy (non-hydrogen) atoms. The Morgan fingerprint density at radius 3 is 2.73 bits per heavy atom. The van der Waals surface area contributed by atoms with Crippen molar-refractivity contribution in [2.24, 2.45) is 0 Å². The molecular formula is C23H23ClN2O4. The molecule has 3 aromatic rings. The van der Waals surface area contributed by atoms with Crippen LogP contribution in [0.3, 0.4) is 0 Å². The van der Waals surface area contributed by atoms with E-state index in [9.17, 15) is 4.79 Å². The highest BCUT2D eigenvalue weighted by molar-refractivity contribution is 6.30. The van der Waals surface area contributed by atoms with Gasteiger partial charge < -0.3 is 18.8 Å². The lowest BCUT2D eigenvalue weighted by molar-refractivity contribution is -0.185. The van der Waals surface area contributed by atoms with Gasteiger partial charge in [0.15, 0.2) is 5.79 Å². The Morgan fingerprint density at radius 2 is 2.00 bits per heavy atom. The predicted molar refractivity (Wildman–Crippen MR) is 112 cm³/mol. The van der Waals surface area contributed by atoms with E-state index in [2.05, 4.69) is 4.98 Å². The van der Waals surface area contributed by atoms with Gasteiger partial charge in [-0.05, 0) is 36.2 Å². The van der Waals surface area contributed by atoms with Crippen LogP contribution in [0.15, 0.2) is 73.3 Å². The van der Waals surface area contributed by atoms with Crippen molar-refractivity contribution in [2.75, 3.05) is 13.2 Å². The second kappa shape index (κ2) is 9.43. The fourth-order valence-electron chi connectivity index (χ4n) is 3.46. The van der Waals surface area contributed by atoms with Gasteiger partial charge >= 0.3 is 5.97 Å². The van der Waals surface area contributed by atoms with Crippen LogP contribution in [0.5, 0.6) is 0 Å². The van der Waals surface area contributed by atoms with Gasteiger partial charge in [0.2, 0.25) is 0 Å². The van der Waals surface area contributed by atoms with Crippen molar-refractivity contribution < 1.29 is 19.0 Å². The Kier molecular flexibility index (Phi) is 6.47. The van der Waals surface area contributed by atoms with E-state index in [4.69, 9.17) is 25.8 Å². The zero-order valence-electron chi connectivity index (χ0n) is 16.4. The van der Waals surface area contributed by atoms with Crippen molar-refractivity contribution >= 4 is 17.6 Å². The molecule has 0 spiro atoms. The standard InChI is InChI=1S/C23H23ClN2O4/c24-20-8-6-18(7-9-20)10-11-23(16-26-13-12-25-17-26)29-15-21(30-23)14-28-22(27)19-4-2-1-3-5-19/h1-9,12-13,17,21H,10-11,14-16H2. The highest BCUT2D eigenvalue weighted by Gasteiger charge is 2.42. The number of hydrogen-bond donors (Lipinski definition) is 0. The van der Waals surface area contributed by atoms with Crippen LogP contribution in [0.4, 0.5) is 0 Å². The third-order valence-corrected chi connectivity index (χ3v) is 5.27. The Labute approximate surface area is 180 Å². The van der Waals surface area contributed by atoms with Crippen molar-refractivity contribution in [1.29, 1.82) is 0 Å². The number of esters is 1. The number of carbonyl (C=O) groups is 1. The topological polar surface area (TPSA) is 62.6 Å². The molecule has 1 aromatic heterocycles. The second-order valence-electron chi connectivity index (χ2n) is 7.29. The third kappa shape index (κ3) is 5.27. The molecule has 2 atom stereocenters. The number of carbonyl (C=O) groups excluding carboxylic acids is 1. The minimum Gasteiger partial charge on any atom is -0.459 e. The van der Waals surface area contributed by atoms with Gasteiger partial charge in [0.1, 0.15) is 12.7 Å². The summed E-state index contributed by atoms with van der Waals surface area (Å²) in [7, 11) is 0. The van der Waals surface area contributed by atoms with Crippen molar-refractivity contribution in [1.82, 2.24) is 9.55 Å². The first-order chi connectivity index (χ1) is 14.6. The number of aromatic nitrogens is 2. The molecule has 1 saturated heterocycles. The van der Waals surface area contributed by atoms with E-state index in [1.54, 1.807) is 36.8 Å². The van der Waals surface area contributed by atoms with E-state index < -0.39 is 5.79 Å². The normalized spacial score (nSPS) is 20.9. The average Bonchev–Trinajstić information content (AvgIpc) is 3.43. The maximum Gasteiger partial charge on any atom is 0.338 e. The first kappa shape index (κ1) is 20.6. The number of rotatable bonds is 8. The van der Waals surface area contributed by atoms with Crippen molar-refractivity contribution in [3.8, 4) is 0 Å². The zero-order chi connectivity index (χ0) is 20.8. The monoisotopic (exact) mass is 426 g/mol. The number of halogens is 1. The lowest BCUT2D eigenvalue weighted by Gasteiger charge is -2.28. The molecule has 7 heteroatoms. The van der Waals surface area contributed by atoms with Crippen molar-refractivity contribution in [3.05, 3.63) is 89.5 Å². The Balaban J connectivity index is 1.39. The average molecular weight is 427 g/mol. The molecule has 1 aliphatic rings. The van der Waals surface area contributed by atoms with Crippen LogP contribution < -0.4 is 0 Å². The van der Waals surface area contributed by atoms with Crippen LogP contribution in [0.25, 0.3) is 0 Å². The number of hydrogen-bond acceptors (Lipinski definition) is 5. The summed E-state index contributed by atoms with van der Waals surface area (Å²) >= 11 is 5.98. The zero-order valence-corrected chi connectivity index (χ0v) is 17.2. The summed E-state index contributed by atoms with van der Waals surface area (Å²) in [5.74, 6) is -1.18. The van der Waals surface area contributed by atoms with E-state index in [-0.39, 0.29) is 18.7 Å². The second-order valence-corrected chi connectivity index (χ2v) is 7.72. The van der Waals surface area contributed by atoms with Gasteiger partial charge in [-0.2, -0.15) is 0 Å². The minimum atomic E-state index is -0.815. The summed E-state index contributed by atoms with van der Waals surface area (Å²) in [6, 6.07) is 16.7. The lowest BCUT2D eigenvalue weighted by Crippen LogP contribution is -2.37. The molecule has 1 aliphatic heterocycles. The van der Waals surface area contributed by atoms with Gasteiger partial charge in [-0.25, -0.2) is 9.78 Å². The smallest absolute Gasteiger partial charge is 0.338 e. The van der Waals surface area contributed by atoms with Crippen LogP contribution in [-0.4, -0.2) is 40.6 Å². The number of benzene rings is 2. The minimum absolute atomic E-state index is 0.139.